The first-order valence-corrected chi connectivity index (χ1v) is 7.44. The summed E-state index contributed by atoms with van der Waals surface area (Å²) in [4.78, 5) is 20.1. The van der Waals surface area contributed by atoms with Crippen LogP contribution in [0.3, 0.4) is 0 Å². The van der Waals surface area contributed by atoms with Crippen molar-refractivity contribution in [2.75, 3.05) is 5.32 Å². The molecule has 1 amide bonds. The van der Waals surface area contributed by atoms with Crippen LogP contribution < -0.4 is 5.32 Å². The second-order valence-corrected chi connectivity index (χ2v) is 5.69. The summed E-state index contributed by atoms with van der Waals surface area (Å²) in [6.07, 6.45) is 5.92. The molecule has 3 aromatic rings. The van der Waals surface area contributed by atoms with Gasteiger partial charge in [0, 0.05) is 29.7 Å². The maximum Gasteiger partial charge on any atom is 0.231 e. The second kappa shape index (κ2) is 5.42. The van der Waals surface area contributed by atoms with Crippen molar-refractivity contribution in [1.82, 2.24) is 14.4 Å². The van der Waals surface area contributed by atoms with Crippen LogP contribution in [0.2, 0.25) is 0 Å². The summed E-state index contributed by atoms with van der Waals surface area (Å²) in [5.41, 5.74) is 2.71. The number of hydrogen-bond acceptors (Lipinski definition) is 4. The summed E-state index contributed by atoms with van der Waals surface area (Å²) >= 11 is 0. The van der Waals surface area contributed by atoms with Gasteiger partial charge in [-0.25, -0.2) is 9.37 Å². The Kier molecular flexibility index (Phi) is 3.24. The minimum Gasteiger partial charge on any atom is -0.309 e. The van der Waals surface area contributed by atoms with Crippen LogP contribution in [0.4, 0.5) is 10.2 Å². The largest absolute Gasteiger partial charge is 0.309 e. The molecule has 1 fully saturated rings. The van der Waals surface area contributed by atoms with Gasteiger partial charge in [-0.15, -0.1) is 0 Å². The number of aromatic nitrogens is 3. The van der Waals surface area contributed by atoms with E-state index in [0.717, 1.165) is 11.1 Å². The van der Waals surface area contributed by atoms with E-state index in [1.165, 1.54) is 0 Å². The van der Waals surface area contributed by atoms with Gasteiger partial charge in [-0.05, 0) is 24.6 Å². The normalized spacial score (nSPS) is 19.0. The number of nitriles is 1. The van der Waals surface area contributed by atoms with Gasteiger partial charge in [0.1, 0.15) is 11.8 Å². The van der Waals surface area contributed by atoms with E-state index in [-0.39, 0.29) is 12.3 Å². The minimum atomic E-state index is -1.04. The third-order valence-corrected chi connectivity index (χ3v) is 4.00. The SMILES string of the molecule is N#Cc1ccncc1-c1ccc2nc(NC(=O)C3CC3F)cn2c1. The first kappa shape index (κ1) is 14.3. The predicted molar refractivity (Wildman–Crippen MR) is 84.8 cm³/mol. The zero-order valence-electron chi connectivity index (χ0n) is 12.5. The Labute approximate surface area is 136 Å². The number of imidazole rings is 1. The maximum absolute atomic E-state index is 12.9. The van der Waals surface area contributed by atoms with Crippen LogP contribution in [0.1, 0.15) is 12.0 Å². The Morgan fingerprint density at radius 2 is 2.21 bits per heavy atom. The van der Waals surface area contributed by atoms with Crippen molar-refractivity contribution in [1.29, 1.82) is 5.26 Å². The highest BCUT2D eigenvalue weighted by Gasteiger charge is 2.43. The molecule has 1 aliphatic rings. The summed E-state index contributed by atoms with van der Waals surface area (Å²) in [5.74, 6) is -0.521. The van der Waals surface area contributed by atoms with Crippen LogP contribution in [0.15, 0.2) is 43.0 Å². The Morgan fingerprint density at radius 1 is 1.38 bits per heavy atom. The molecule has 2 unspecified atom stereocenters. The summed E-state index contributed by atoms with van der Waals surface area (Å²) in [6.45, 7) is 0. The highest BCUT2D eigenvalue weighted by Crippen LogP contribution is 2.34. The van der Waals surface area contributed by atoms with Crippen molar-refractivity contribution in [3.8, 4) is 17.2 Å². The van der Waals surface area contributed by atoms with Crippen LogP contribution in [0, 0.1) is 17.2 Å². The van der Waals surface area contributed by atoms with Gasteiger partial charge in [-0.1, -0.05) is 0 Å². The van der Waals surface area contributed by atoms with Crippen molar-refractivity contribution in [3.63, 3.8) is 0 Å². The summed E-state index contributed by atoms with van der Waals surface area (Å²) in [6, 6.07) is 7.42. The standard InChI is InChI=1S/C17H12FN5O/c18-14-5-12(14)17(24)22-15-9-23-8-11(1-2-16(23)21-15)13-7-20-4-3-10(13)6-19/h1-4,7-9,12,14H,5H2,(H,22,24). The van der Waals surface area contributed by atoms with Crippen LogP contribution in [0.25, 0.3) is 16.8 Å². The van der Waals surface area contributed by atoms with E-state index in [1.54, 1.807) is 35.1 Å². The Morgan fingerprint density at radius 3 is 2.96 bits per heavy atom. The Bertz CT molecular complexity index is 990. The fourth-order valence-corrected chi connectivity index (χ4v) is 2.59. The van der Waals surface area contributed by atoms with E-state index in [1.807, 2.05) is 12.3 Å². The molecule has 6 nitrogen and oxygen atoms in total. The molecule has 4 rings (SSSR count). The first-order chi connectivity index (χ1) is 11.7. The minimum absolute atomic E-state index is 0.279. The number of rotatable bonds is 3. The fourth-order valence-electron chi connectivity index (χ4n) is 2.59. The zero-order valence-corrected chi connectivity index (χ0v) is 12.5. The molecule has 0 spiro atoms. The van der Waals surface area contributed by atoms with Gasteiger partial charge >= 0.3 is 0 Å². The number of alkyl halides is 1. The van der Waals surface area contributed by atoms with Crippen molar-refractivity contribution >= 4 is 17.4 Å². The molecule has 1 N–H and O–H groups in total. The van der Waals surface area contributed by atoms with E-state index in [2.05, 4.69) is 21.4 Å². The smallest absolute Gasteiger partial charge is 0.231 e. The average molecular weight is 321 g/mol. The summed E-state index contributed by atoms with van der Waals surface area (Å²) in [7, 11) is 0. The van der Waals surface area contributed by atoms with Gasteiger partial charge in [0.15, 0.2) is 5.82 Å². The molecule has 0 aromatic carbocycles. The first-order valence-electron chi connectivity index (χ1n) is 7.44. The Hall–Kier alpha value is -3.27. The molecule has 0 aliphatic heterocycles. The number of nitrogens with zero attached hydrogens (tertiary/aromatic N) is 4. The predicted octanol–water partition coefficient (Wildman–Crippen LogP) is 2.56. The quantitative estimate of drug-likeness (QED) is 0.803. The topological polar surface area (TPSA) is 83.1 Å². The molecule has 2 atom stereocenters. The van der Waals surface area contributed by atoms with Gasteiger partial charge in [0.2, 0.25) is 5.91 Å². The average Bonchev–Trinajstić information content (AvgIpc) is 3.20. The number of nitrogens with one attached hydrogen (secondary N) is 1. The molecule has 3 aromatic heterocycles. The number of anilines is 1. The number of carbonyl (C=O) groups excluding carboxylic acids is 1. The van der Waals surface area contributed by atoms with Crippen molar-refractivity contribution in [2.45, 2.75) is 12.6 Å². The lowest BCUT2D eigenvalue weighted by molar-refractivity contribution is -0.117. The molecule has 0 bridgehead atoms. The zero-order chi connectivity index (χ0) is 16.7. The van der Waals surface area contributed by atoms with E-state index in [9.17, 15) is 14.4 Å². The molecule has 0 radical (unpaired) electrons. The van der Waals surface area contributed by atoms with Crippen LogP contribution >= 0.6 is 0 Å². The highest BCUT2D eigenvalue weighted by molar-refractivity contribution is 5.94. The second-order valence-electron chi connectivity index (χ2n) is 5.69. The number of amides is 1. The third kappa shape index (κ3) is 2.48. The lowest BCUT2D eigenvalue weighted by Gasteiger charge is -2.03. The molecule has 118 valence electrons. The molecular formula is C17H12FN5O. The third-order valence-electron chi connectivity index (χ3n) is 4.00. The number of hydrogen-bond donors (Lipinski definition) is 1. The molecule has 7 heteroatoms. The van der Waals surface area contributed by atoms with Crippen molar-refractivity contribution < 1.29 is 9.18 Å². The number of carbonyl (C=O) groups is 1. The number of pyridine rings is 2. The van der Waals surface area contributed by atoms with Gasteiger partial charge < -0.3 is 9.72 Å². The molecule has 3 heterocycles. The van der Waals surface area contributed by atoms with Crippen LogP contribution in [-0.4, -0.2) is 26.4 Å². The lowest BCUT2D eigenvalue weighted by Crippen LogP contribution is -2.15. The van der Waals surface area contributed by atoms with Crippen LogP contribution in [-0.2, 0) is 4.79 Å². The Balaban J connectivity index is 1.66. The van der Waals surface area contributed by atoms with E-state index >= 15 is 0 Å². The molecule has 1 saturated carbocycles. The molecule has 24 heavy (non-hydrogen) atoms. The maximum atomic E-state index is 12.9. The summed E-state index contributed by atoms with van der Waals surface area (Å²) in [5, 5.41) is 11.8. The van der Waals surface area contributed by atoms with Crippen LogP contribution in [0.5, 0.6) is 0 Å². The van der Waals surface area contributed by atoms with Gasteiger partial charge in [-0.2, -0.15) is 5.26 Å². The van der Waals surface area contributed by atoms with Crippen molar-refractivity contribution in [2.24, 2.45) is 5.92 Å². The lowest BCUT2D eigenvalue weighted by atomic mass is 10.1. The fraction of sp³-hybridized carbons (Fsp3) is 0.176. The van der Waals surface area contributed by atoms with E-state index < -0.39 is 12.1 Å². The van der Waals surface area contributed by atoms with Gasteiger partial charge in [0.05, 0.1) is 23.7 Å². The van der Waals surface area contributed by atoms with Gasteiger partial charge in [-0.3, -0.25) is 9.78 Å². The molecule has 1 aliphatic carbocycles. The van der Waals surface area contributed by atoms with Crippen molar-refractivity contribution in [3.05, 3.63) is 48.5 Å². The number of halogens is 1. The van der Waals surface area contributed by atoms with Gasteiger partial charge in [0.25, 0.3) is 0 Å². The van der Waals surface area contributed by atoms with E-state index in [0.29, 0.717) is 17.0 Å². The molecular weight excluding hydrogens is 309 g/mol. The monoisotopic (exact) mass is 321 g/mol. The van der Waals surface area contributed by atoms with E-state index in [4.69, 9.17) is 0 Å². The highest BCUT2D eigenvalue weighted by atomic mass is 19.1. The molecule has 0 saturated heterocycles. The summed E-state index contributed by atoms with van der Waals surface area (Å²) < 4.78 is 14.7. The number of fused-ring (bicyclic) bond motifs is 1.